The van der Waals surface area contributed by atoms with Crippen molar-refractivity contribution in [1.29, 1.82) is 0 Å². The van der Waals surface area contributed by atoms with Crippen LogP contribution in [0, 0.1) is 6.92 Å². The molecule has 2 heterocycles. The summed E-state index contributed by atoms with van der Waals surface area (Å²) in [5.41, 5.74) is 4.34. The van der Waals surface area contributed by atoms with E-state index in [1.54, 1.807) is 16.4 Å². The third-order valence-corrected chi connectivity index (χ3v) is 5.27. The fourth-order valence-corrected chi connectivity index (χ4v) is 3.73. The molecule has 0 aliphatic heterocycles. The van der Waals surface area contributed by atoms with E-state index in [1.807, 2.05) is 42.9 Å². The average molecular weight is 411 g/mol. The Hall–Kier alpha value is -2.18. The van der Waals surface area contributed by atoms with Gasteiger partial charge in [-0.25, -0.2) is 9.97 Å². The van der Waals surface area contributed by atoms with Gasteiger partial charge in [-0.15, -0.1) is 11.8 Å². The summed E-state index contributed by atoms with van der Waals surface area (Å²) in [6.45, 7) is 2.09. The van der Waals surface area contributed by atoms with E-state index in [4.69, 9.17) is 0 Å². The zero-order valence-electron chi connectivity index (χ0n) is 13.8. The van der Waals surface area contributed by atoms with Crippen LogP contribution in [0.2, 0.25) is 0 Å². The van der Waals surface area contributed by atoms with Gasteiger partial charge in [-0.05, 0) is 42.5 Å². The Morgan fingerprint density at radius 2 is 1.80 bits per heavy atom. The minimum atomic E-state index is 0.570. The van der Waals surface area contributed by atoms with Crippen molar-refractivity contribution in [2.75, 3.05) is 6.26 Å². The van der Waals surface area contributed by atoms with Crippen LogP contribution >= 0.6 is 27.7 Å². The highest BCUT2D eigenvalue weighted by Gasteiger charge is 2.13. The highest BCUT2D eigenvalue weighted by atomic mass is 79.9. The molecule has 0 saturated heterocycles. The number of halogens is 1. The molecule has 0 N–H and O–H groups in total. The average Bonchev–Trinajstić information content (AvgIpc) is 3.00. The van der Waals surface area contributed by atoms with E-state index in [2.05, 4.69) is 56.1 Å². The van der Waals surface area contributed by atoms with Gasteiger partial charge in [0.2, 0.25) is 0 Å². The van der Waals surface area contributed by atoms with Crippen LogP contribution in [0.25, 0.3) is 28.0 Å². The van der Waals surface area contributed by atoms with Crippen LogP contribution in [0.5, 0.6) is 0 Å². The fraction of sp³-hybridized carbons (Fsp3) is 0.105. The van der Waals surface area contributed by atoms with Crippen LogP contribution in [0.4, 0.5) is 0 Å². The van der Waals surface area contributed by atoms with Crippen molar-refractivity contribution in [2.24, 2.45) is 0 Å². The summed E-state index contributed by atoms with van der Waals surface area (Å²) in [6.07, 6.45) is 5.74. The summed E-state index contributed by atoms with van der Waals surface area (Å²) < 4.78 is 2.80. The number of thioether (sulfide) groups is 1. The number of nitrogens with zero attached hydrogens (tertiary/aromatic N) is 4. The lowest BCUT2D eigenvalue weighted by Crippen LogP contribution is -2.02. The van der Waals surface area contributed by atoms with Gasteiger partial charge in [0, 0.05) is 27.8 Å². The van der Waals surface area contributed by atoms with Crippen LogP contribution in [0.3, 0.4) is 0 Å². The summed E-state index contributed by atoms with van der Waals surface area (Å²) >= 11 is 5.15. The number of hydrogen-bond donors (Lipinski definition) is 0. The number of hydrogen-bond acceptors (Lipinski definition) is 4. The van der Waals surface area contributed by atoms with Crippen molar-refractivity contribution in [2.45, 2.75) is 11.9 Å². The normalized spacial score (nSPS) is 11.2. The molecular formula is C19H15BrN4S. The van der Waals surface area contributed by atoms with Gasteiger partial charge in [0.15, 0.2) is 0 Å². The van der Waals surface area contributed by atoms with Gasteiger partial charge in [-0.2, -0.15) is 9.78 Å². The molecule has 0 radical (unpaired) electrons. The molecule has 0 spiro atoms. The Labute approximate surface area is 158 Å². The first-order chi connectivity index (χ1) is 12.2. The second-order valence-corrected chi connectivity index (χ2v) is 7.38. The molecule has 0 saturated carbocycles. The Kier molecular flexibility index (Phi) is 4.31. The first kappa shape index (κ1) is 16.3. The largest absolute Gasteiger partial charge is 0.251 e. The third kappa shape index (κ3) is 2.96. The van der Waals surface area contributed by atoms with Gasteiger partial charge >= 0.3 is 0 Å². The van der Waals surface area contributed by atoms with Crippen molar-refractivity contribution < 1.29 is 0 Å². The monoisotopic (exact) mass is 410 g/mol. The van der Waals surface area contributed by atoms with E-state index >= 15 is 0 Å². The molecule has 25 heavy (non-hydrogen) atoms. The maximum Gasteiger partial charge on any atom is 0.251 e. The van der Waals surface area contributed by atoms with Gasteiger partial charge in [-0.1, -0.05) is 40.2 Å². The molecule has 4 aromatic rings. The van der Waals surface area contributed by atoms with Crippen molar-refractivity contribution >= 4 is 38.6 Å². The van der Waals surface area contributed by atoms with Gasteiger partial charge < -0.3 is 0 Å². The highest BCUT2D eigenvalue weighted by Crippen LogP contribution is 2.29. The molecule has 0 amide bonds. The first-order valence-corrected chi connectivity index (χ1v) is 9.80. The molecule has 0 bridgehead atoms. The second-order valence-electron chi connectivity index (χ2n) is 5.67. The van der Waals surface area contributed by atoms with Gasteiger partial charge in [0.25, 0.3) is 5.95 Å². The lowest BCUT2D eigenvalue weighted by molar-refractivity contribution is 0.800. The zero-order valence-corrected chi connectivity index (χ0v) is 16.2. The van der Waals surface area contributed by atoms with Crippen LogP contribution in [-0.2, 0) is 0 Å². The topological polar surface area (TPSA) is 43.6 Å². The van der Waals surface area contributed by atoms with Gasteiger partial charge in [0.05, 0.1) is 5.52 Å². The molecule has 0 unspecified atom stereocenters. The van der Waals surface area contributed by atoms with Crippen LogP contribution in [0.1, 0.15) is 5.56 Å². The Balaban J connectivity index is 1.82. The SMILES string of the molecule is CSc1nn(-c2ncc(-c3ccccc3C)cn2)c2cc(Br)ccc12. The molecule has 0 aliphatic carbocycles. The van der Waals surface area contributed by atoms with Crippen molar-refractivity contribution in [1.82, 2.24) is 19.7 Å². The van der Waals surface area contributed by atoms with Gasteiger partial charge in [-0.3, -0.25) is 0 Å². The van der Waals surface area contributed by atoms with E-state index in [1.165, 1.54) is 5.56 Å². The number of fused-ring (bicyclic) bond motifs is 1. The van der Waals surface area contributed by atoms with E-state index in [0.29, 0.717) is 5.95 Å². The lowest BCUT2D eigenvalue weighted by atomic mass is 10.0. The molecule has 0 aliphatic rings. The number of aromatic nitrogens is 4. The molecule has 124 valence electrons. The van der Waals surface area contributed by atoms with Crippen molar-refractivity contribution in [3.05, 3.63) is 64.9 Å². The maximum atomic E-state index is 4.67. The fourth-order valence-electron chi connectivity index (χ4n) is 2.83. The summed E-state index contributed by atoms with van der Waals surface area (Å²) in [5.74, 6) is 0.570. The molecule has 4 rings (SSSR count). The van der Waals surface area contributed by atoms with Crippen LogP contribution in [0.15, 0.2) is 64.4 Å². The molecule has 2 aromatic heterocycles. The summed E-state index contributed by atoms with van der Waals surface area (Å²) in [5, 5.41) is 6.74. The number of aryl methyl sites for hydroxylation is 1. The van der Waals surface area contributed by atoms with E-state index in [-0.39, 0.29) is 0 Å². The van der Waals surface area contributed by atoms with Crippen molar-refractivity contribution in [3.63, 3.8) is 0 Å². The predicted molar refractivity (Wildman–Crippen MR) is 106 cm³/mol. The molecular weight excluding hydrogens is 396 g/mol. The highest BCUT2D eigenvalue weighted by molar-refractivity contribution is 9.10. The minimum absolute atomic E-state index is 0.570. The number of benzene rings is 2. The maximum absolute atomic E-state index is 4.67. The van der Waals surface area contributed by atoms with E-state index in [9.17, 15) is 0 Å². The molecule has 2 aromatic carbocycles. The second kappa shape index (κ2) is 6.61. The quantitative estimate of drug-likeness (QED) is 0.431. The van der Waals surface area contributed by atoms with E-state index < -0.39 is 0 Å². The Bertz CT molecular complexity index is 1060. The number of rotatable bonds is 3. The van der Waals surface area contributed by atoms with Crippen LogP contribution in [-0.4, -0.2) is 26.0 Å². The van der Waals surface area contributed by atoms with Crippen LogP contribution < -0.4 is 0 Å². The first-order valence-electron chi connectivity index (χ1n) is 7.78. The molecule has 0 atom stereocenters. The molecule has 6 heteroatoms. The molecule has 0 fully saturated rings. The smallest absolute Gasteiger partial charge is 0.219 e. The summed E-state index contributed by atoms with van der Waals surface area (Å²) in [6, 6.07) is 14.4. The Morgan fingerprint density at radius 3 is 2.52 bits per heavy atom. The van der Waals surface area contributed by atoms with Crippen molar-refractivity contribution in [3.8, 4) is 17.1 Å². The zero-order chi connectivity index (χ0) is 17.4. The summed E-state index contributed by atoms with van der Waals surface area (Å²) in [7, 11) is 0. The standard InChI is InChI=1S/C19H15BrN4S/c1-12-5-3-4-6-15(12)13-10-21-19(22-11-13)24-17-9-14(20)7-8-16(17)18(23-24)25-2/h3-11H,1-2H3. The third-order valence-electron chi connectivity index (χ3n) is 4.09. The lowest BCUT2D eigenvalue weighted by Gasteiger charge is -2.06. The molecule has 4 nitrogen and oxygen atoms in total. The predicted octanol–water partition coefficient (Wildman–Crippen LogP) is 5.28. The summed E-state index contributed by atoms with van der Waals surface area (Å²) in [4.78, 5) is 9.12. The Morgan fingerprint density at radius 1 is 1.04 bits per heavy atom. The van der Waals surface area contributed by atoms with Gasteiger partial charge in [0.1, 0.15) is 5.03 Å². The van der Waals surface area contributed by atoms with E-state index in [0.717, 1.165) is 31.5 Å². The minimum Gasteiger partial charge on any atom is -0.219 e.